The molecular weight excluding hydrogens is 244 g/mol. The highest BCUT2D eigenvalue weighted by molar-refractivity contribution is 4.95. The van der Waals surface area contributed by atoms with Gasteiger partial charge in [-0.15, -0.1) is 0 Å². The van der Waals surface area contributed by atoms with Crippen LogP contribution in [0.5, 0.6) is 0 Å². The number of hydrogen-bond donors (Lipinski definition) is 1. The van der Waals surface area contributed by atoms with Crippen LogP contribution in [0.25, 0.3) is 0 Å². The first-order chi connectivity index (χ1) is 9.33. The Balaban J connectivity index is 1.92. The fraction of sp³-hybridized carbons (Fsp3) is 1.00. The van der Waals surface area contributed by atoms with Crippen LogP contribution in [0, 0.1) is 11.3 Å². The minimum absolute atomic E-state index is 0.420. The Morgan fingerprint density at radius 3 is 2.25 bits per heavy atom. The maximum Gasteiger partial charge on any atom is 0.0327 e. The van der Waals surface area contributed by atoms with Crippen molar-refractivity contribution in [3.8, 4) is 0 Å². The minimum atomic E-state index is 0.420. The van der Waals surface area contributed by atoms with Crippen LogP contribution >= 0.6 is 0 Å². The summed E-state index contributed by atoms with van der Waals surface area (Å²) in [6.07, 6.45) is 11.1. The first-order valence-corrected chi connectivity index (χ1v) is 8.74. The lowest BCUT2D eigenvalue weighted by molar-refractivity contribution is 0.0814. The van der Waals surface area contributed by atoms with E-state index in [9.17, 15) is 0 Å². The molecule has 2 fully saturated rings. The zero-order chi connectivity index (χ0) is 14.8. The summed E-state index contributed by atoms with van der Waals surface area (Å²) in [4.78, 5) is 2.50. The molecule has 2 aliphatic rings. The second-order valence-corrected chi connectivity index (χ2v) is 8.67. The van der Waals surface area contributed by atoms with E-state index in [1.165, 1.54) is 57.9 Å². The molecule has 2 nitrogen and oxygen atoms in total. The molecular formula is C18H36N2. The fourth-order valence-corrected chi connectivity index (χ4v) is 4.83. The van der Waals surface area contributed by atoms with Crippen molar-refractivity contribution in [2.45, 2.75) is 83.7 Å². The highest BCUT2D eigenvalue weighted by Gasteiger charge is 2.37. The molecule has 0 spiro atoms. The molecule has 0 aromatic heterocycles. The molecule has 0 radical (unpaired) electrons. The summed E-state index contributed by atoms with van der Waals surface area (Å²) in [5.74, 6) is 0.873. The van der Waals surface area contributed by atoms with Crippen molar-refractivity contribution in [1.82, 2.24) is 10.2 Å². The largest absolute Gasteiger partial charge is 0.312 e. The normalized spacial score (nSPS) is 33.3. The Morgan fingerprint density at radius 2 is 1.70 bits per heavy atom. The molecule has 0 aromatic rings. The zero-order valence-electron chi connectivity index (χ0n) is 14.5. The molecule has 1 N–H and O–H groups in total. The smallest absolute Gasteiger partial charge is 0.0327 e. The van der Waals surface area contributed by atoms with E-state index in [0.717, 1.165) is 12.0 Å². The van der Waals surface area contributed by atoms with Gasteiger partial charge in [-0.2, -0.15) is 0 Å². The van der Waals surface area contributed by atoms with Crippen molar-refractivity contribution in [1.29, 1.82) is 0 Å². The van der Waals surface area contributed by atoms with E-state index in [2.05, 4.69) is 45.1 Å². The van der Waals surface area contributed by atoms with Gasteiger partial charge in [-0.1, -0.05) is 40.0 Å². The second-order valence-electron chi connectivity index (χ2n) is 8.67. The molecule has 2 aliphatic carbocycles. The third-order valence-corrected chi connectivity index (χ3v) is 5.84. The van der Waals surface area contributed by atoms with Gasteiger partial charge in [-0.05, 0) is 57.5 Å². The van der Waals surface area contributed by atoms with E-state index in [-0.39, 0.29) is 0 Å². The van der Waals surface area contributed by atoms with Crippen molar-refractivity contribution in [2.75, 3.05) is 20.6 Å². The summed E-state index contributed by atoms with van der Waals surface area (Å²) in [5.41, 5.74) is 0.941. The number of nitrogens with zero attached hydrogens (tertiary/aromatic N) is 1. The van der Waals surface area contributed by atoms with Crippen LogP contribution in [0.15, 0.2) is 0 Å². The number of likely N-dealkylation sites (N-methyl/N-ethyl adjacent to an activating group) is 1. The molecule has 0 aliphatic heterocycles. The van der Waals surface area contributed by atoms with Crippen molar-refractivity contribution in [3.05, 3.63) is 0 Å². The molecule has 2 rings (SSSR count). The molecule has 2 atom stereocenters. The van der Waals surface area contributed by atoms with Gasteiger partial charge in [0, 0.05) is 18.1 Å². The zero-order valence-corrected chi connectivity index (χ0v) is 14.5. The number of rotatable bonds is 4. The molecule has 118 valence electrons. The summed E-state index contributed by atoms with van der Waals surface area (Å²) in [6.45, 7) is 8.50. The van der Waals surface area contributed by atoms with Gasteiger partial charge in [0.2, 0.25) is 0 Å². The van der Waals surface area contributed by atoms with Crippen molar-refractivity contribution in [3.63, 3.8) is 0 Å². The Hall–Kier alpha value is -0.0800. The third kappa shape index (κ3) is 3.98. The van der Waals surface area contributed by atoms with Gasteiger partial charge in [0.15, 0.2) is 0 Å². The Labute approximate surface area is 126 Å². The molecule has 0 amide bonds. The molecule has 0 heterocycles. The van der Waals surface area contributed by atoms with E-state index in [4.69, 9.17) is 0 Å². The van der Waals surface area contributed by atoms with Gasteiger partial charge < -0.3 is 10.2 Å². The van der Waals surface area contributed by atoms with E-state index in [1.54, 1.807) is 0 Å². The van der Waals surface area contributed by atoms with Crippen LogP contribution < -0.4 is 5.32 Å². The Morgan fingerprint density at radius 1 is 1.05 bits per heavy atom. The predicted octanol–water partition coefficient (Wildman–Crippen LogP) is 4.06. The molecule has 2 saturated carbocycles. The van der Waals surface area contributed by atoms with Crippen LogP contribution in [-0.4, -0.2) is 37.1 Å². The molecule has 0 aromatic carbocycles. The molecule has 2 unspecified atom stereocenters. The lowest BCUT2D eigenvalue weighted by Crippen LogP contribution is -2.55. The Bertz CT molecular complexity index is 303. The van der Waals surface area contributed by atoms with Crippen molar-refractivity contribution in [2.24, 2.45) is 11.3 Å². The summed E-state index contributed by atoms with van der Waals surface area (Å²) in [5, 5.41) is 3.96. The Kier molecular flexibility index (Phi) is 5.18. The monoisotopic (exact) mass is 280 g/mol. The second kappa shape index (κ2) is 6.36. The lowest BCUT2D eigenvalue weighted by atomic mass is 9.70. The average molecular weight is 280 g/mol. The lowest BCUT2D eigenvalue weighted by Gasteiger charge is -2.46. The SMILES string of the molecule is CC1CC(NCC2(N(C)C)CCCCC2)CC(C)(C)C1. The highest BCUT2D eigenvalue weighted by Crippen LogP contribution is 2.39. The predicted molar refractivity (Wildman–Crippen MR) is 88.1 cm³/mol. The van der Waals surface area contributed by atoms with Crippen LogP contribution in [0.2, 0.25) is 0 Å². The van der Waals surface area contributed by atoms with Crippen molar-refractivity contribution < 1.29 is 0 Å². The van der Waals surface area contributed by atoms with Gasteiger partial charge in [-0.25, -0.2) is 0 Å². The van der Waals surface area contributed by atoms with Gasteiger partial charge >= 0.3 is 0 Å². The molecule has 20 heavy (non-hydrogen) atoms. The summed E-state index contributed by atoms with van der Waals surface area (Å²) in [6, 6.07) is 0.729. The quantitative estimate of drug-likeness (QED) is 0.835. The maximum atomic E-state index is 3.96. The van der Waals surface area contributed by atoms with E-state index >= 15 is 0 Å². The van der Waals surface area contributed by atoms with Gasteiger partial charge in [0.05, 0.1) is 0 Å². The molecule has 0 bridgehead atoms. The number of hydrogen-bond acceptors (Lipinski definition) is 2. The maximum absolute atomic E-state index is 3.96. The highest BCUT2D eigenvalue weighted by atomic mass is 15.2. The first kappa shape index (κ1) is 16.3. The van der Waals surface area contributed by atoms with E-state index < -0.39 is 0 Å². The minimum Gasteiger partial charge on any atom is -0.312 e. The summed E-state index contributed by atoms with van der Waals surface area (Å²) in [7, 11) is 4.56. The van der Waals surface area contributed by atoms with Crippen LogP contribution in [0.4, 0.5) is 0 Å². The first-order valence-electron chi connectivity index (χ1n) is 8.74. The third-order valence-electron chi connectivity index (χ3n) is 5.84. The van der Waals surface area contributed by atoms with Gasteiger partial charge in [0.1, 0.15) is 0 Å². The standard InChI is InChI=1S/C18H36N2/c1-15-11-16(13-17(2,3)12-15)19-14-18(20(4)5)9-7-6-8-10-18/h15-16,19H,6-14H2,1-5H3. The fourth-order valence-electron chi connectivity index (χ4n) is 4.83. The topological polar surface area (TPSA) is 15.3 Å². The van der Waals surface area contributed by atoms with E-state index in [0.29, 0.717) is 11.0 Å². The molecule has 0 saturated heterocycles. The van der Waals surface area contributed by atoms with Crippen molar-refractivity contribution >= 4 is 0 Å². The van der Waals surface area contributed by atoms with E-state index in [1.807, 2.05) is 0 Å². The molecule has 2 heteroatoms. The summed E-state index contributed by atoms with van der Waals surface area (Å²) < 4.78 is 0. The van der Waals surface area contributed by atoms with Gasteiger partial charge in [0.25, 0.3) is 0 Å². The van der Waals surface area contributed by atoms with Crippen LogP contribution in [0.1, 0.15) is 72.1 Å². The summed E-state index contributed by atoms with van der Waals surface area (Å²) >= 11 is 0. The number of nitrogens with one attached hydrogen (secondary N) is 1. The van der Waals surface area contributed by atoms with Crippen LogP contribution in [0.3, 0.4) is 0 Å². The van der Waals surface area contributed by atoms with Gasteiger partial charge in [-0.3, -0.25) is 0 Å². The average Bonchev–Trinajstić information content (AvgIpc) is 2.35. The van der Waals surface area contributed by atoms with Crippen LogP contribution in [-0.2, 0) is 0 Å².